The normalized spacial score (nSPS) is 27.9. The van der Waals surface area contributed by atoms with Gasteiger partial charge < -0.3 is 5.32 Å². The Kier molecular flexibility index (Phi) is 2.81. The molecule has 0 bridgehead atoms. The van der Waals surface area contributed by atoms with Crippen LogP contribution < -0.4 is 5.32 Å². The summed E-state index contributed by atoms with van der Waals surface area (Å²) in [5.41, 5.74) is -0.272. The molecule has 0 aromatic carbocycles. The van der Waals surface area contributed by atoms with Gasteiger partial charge in [0, 0.05) is 25.2 Å². The van der Waals surface area contributed by atoms with Crippen molar-refractivity contribution >= 4 is 10.0 Å². The van der Waals surface area contributed by atoms with E-state index >= 15 is 0 Å². The van der Waals surface area contributed by atoms with Crippen LogP contribution in [-0.4, -0.2) is 43.6 Å². The van der Waals surface area contributed by atoms with E-state index in [-0.39, 0.29) is 5.54 Å². The highest BCUT2D eigenvalue weighted by atomic mass is 32.2. The van der Waals surface area contributed by atoms with Gasteiger partial charge in [-0.15, -0.1) is 0 Å². The third-order valence-corrected chi connectivity index (χ3v) is 5.44. The maximum absolute atomic E-state index is 12.1. The fraction of sp³-hybridized carbons (Fsp3) is 1.00. The van der Waals surface area contributed by atoms with Gasteiger partial charge in [-0.2, -0.15) is 4.31 Å². The van der Waals surface area contributed by atoms with E-state index in [0.29, 0.717) is 18.2 Å². The van der Waals surface area contributed by atoms with Gasteiger partial charge in [0.2, 0.25) is 10.0 Å². The lowest BCUT2D eigenvalue weighted by Crippen LogP contribution is -2.60. The summed E-state index contributed by atoms with van der Waals surface area (Å²) < 4.78 is 26.0. The summed E-state index contributed by atoms with van der Waals surface area (Å²) in [6, 6.07) is 0. The Morgan fingerprint density at radius 1 is 1.40 bits per heavy atom. The van der Waals surface area contributed by atoms with Gasteiger partial charge in [0.05, 0.1) is 5.75 Å². The second-order valence-electron chi connectivity index (χ2n) is 5.28. The molecule has 0 unspecified atom stereocenters. The Balaban J connectivity index is 2.12. The lowest BCUT2D eigenvalue weighted by molar-refractivity contribution is 0.185. The van der Waals surface area contributed by atoms with Gasteiger partial charge in [-0.25, -0.2) is 8.42 Å². The van der Waals surface area contributed by atoms with E-state index in [1.807, 2.05) is 13.8 Å². The number of nitrogens with one attached hydrogen (secondary N) is 1. The lowest BCUT2D eigenvalue weighted by atomic mass is 10.0. The van der Waals surface area contributed by atoms with Crippen molar-refractivity contribution in [1.29, 1.82) is 0 Å². The van der Waals surface area contributed by atoms with Crippen molar-refractivity contribution in [2.24, 2.45) is 5.92 Å². The first-order chi connectivity index (χ1) is 6.92. The molecule has 1 aliphatic carbocycles. The predicted octanol–water partition coefficient (Wildman–Crippen LogP) is 0.410. The number of hydrogen-bond donors (Lipinski definition) is 1. The maximum Gasteiger partial charge on any atom is 0.214 e. The highest BCUT2D eigenvalue weighted by Crippen LogP contribution is 2.33. The molecule has 1 N–H and O–H groups in total. The van der Waals surface area contributed by atoms with Crippen LogP contribution in [0.1, 0.15) is 26.7 Å². The molecular formula is C10H20N2O2S. The summed E-state index contributed by atoms with van der Waals surface area (Å²) >= 11 is 0. The molecule has 4 nitrogen and oxygen atoms in total. The average molecular weight is 232 g/mol. The van der Waals surface area contributed by atoms with Crippen LogP contribution in [0.25, 0.3) is 0 Å². The molecule has 2 aliphatic rings. The summed E-state index contributed by atoms with van der Waals surface area (Å²) in [6.07, 6.45) is 2.18. The minimum absolute atomic E-state index is 0.272. The van der Waals surface area contributed by atoms with Crippen LogP contribution in [0, 0.1) is 5.92 Å². The molecule has 1 heterocycles. The fourth-order valence-corrected chi connectivity index (χ4v) is 4.45. The van der Waals surface area contributed by atoms with Gasteiger partial charge in [-0.3, -0.25) is 0 Å². The zero-order valence-electron chi connectivity index (χ0n) is 9.49. The third kappa shape index (κ3) is 2.52. The smallest absolute Gasteiger partial charge is 0.214 e. The Labute approximate surface area is 92.1 Å². The maximum atomic E-state index is 12.1. The number of hydrogen-bond acceptors (Lipinski definition) is 3. The Bertz CT molecular complexity index is 333. The molecule has 5 heteroatoms. The van der Waals surface area contributed by atoms with Gasteiger partial charge >= 0.3 is 0 Å². The number of sulfonamides is 1. The highest BCUT2D eigenvalue weighted by Gasteiger charge is 2.40. The summed E-state index contributed by atoms with van der Waals surface area (Å²) in [6.45, 7) is 6.11. The second-order valence-corrected chi connectivity index (χ2v) is 7.22. The third-order valence-electron chi connectivity index (χ3n) is 3.20. The van der Waals surface area contributed by atoms with Crippen LogP contribution in [0.4, 0.5) is 0 Å². The molecule has 0 radical (unpaired) electrons. The van der Waals surface area contributed by atoms with Crippen LogP contribution in [-0.2, 0) is 10.0 Å². The Hall–Kier alpha value is -0.130. The molecule has 0 aromatic rings. The van der Waals surface area contributed by atoms with Crippen molar-refractivity contribution in [1.82, 2.24) is 9.62 Å². The van der Waals surface area contributed by atoms with Crippen LogP contribution in [0.15, 0.2) is 0 Å². The Morgan fingerprint density at radius 3 is 2.60 bits per heavy atom. The summed E-state index contributed by atoms with van der Waals surface area (Å²) in [4.78, 5) is 0. The Morgan fingerprint density at radius 2 is 2.07 bits per heavy atom. The quantitative estimate of drug-likeness (QED) is 0.767. The first kappa shape index (κ1) is 11.4. The minimum atomic E-state index is -3.03. The van der Waals surface area contributed by atoms with E-state index < -0.39 is 10.0 Å². The second kappa shape index (κ2) is 3.71. The number of piperazine rings is 1. The van der Waals surface area contributed by atoms with Gasteiger partial charge in [0.1, 0.15) is 0 Å². The van der Waals surface area contributed by atoms with Crippen molar-refractivity contribution in [2.45, 2.75) is 32.2 Å². The molecular weight excluding hydrogens is 212 g/mol. The van der Waals surface area contributed by atoms with Crippen LogP contribution in [0.3, 0.4) is 0 Å². The first-order valence-corrected chi connectivity index (χ1v) is 7.24. The fourth-order valence-electron chi connectivity index (χ4n) is 2.15. The van der Waals surface area contributed by atoms with Crippen molar-refractivity contribution in [3.63, 3.8) is 0 Å². The van der Waals surface area contributed by atoms with Gasteiger partial charge in [0.15, 0.2) is 0 Å². The molecule has 15 heavy (non-hydrogen) atoms. The zero-order valence-corrected chi connectivity index (χ0v) is 10.3. The van der Waals surface area contributed by atoms with Crippen molar-refractivity contribution in [2.75, 3.05) is 25.4 Å². The first-order valence-electron chi connectivity index (χ1n) is 5.63. The van der Waals surface area contributed by atoms with Crippen molar-refractivity contribution in [3.05, 3.63) is 0 Å². The standard InChI is InChI=1S/C10H20N2O2S/c1-10(2)8-11-5-6-12(10)15(13,14)7-9-3-4-9/h9,11H,3-8H2,1-2H3. The summed E-state index contributed by atoms with van der Waals surface area (Å²) in [5.74, 6) is 0.789. The summed E-state index contributed by atoms with van der Waals surface area (Å²) in [5, 5.41) is 3.24. The molecule has 1 saturated heterocycles. The van der Waals surface area contributed by atoms with Gasteiger partial charge in [-0.1, -0.05) is 0 Å². The zero-order chi connectivity index (χ0) is 11.1. The topological polar surface area (TPSA) is 49.4 Å². The van der Waals surface area contributed by atoms with Gasteiger partial charge in [-0.05, 0) is 32.6 Å². The van der Waals surface area contributed by atoms with Gasteiger partial charge in [0.25, 0.3) is 0 Å². The van der Waals surface area contributed by atoms with E-state index in [2.05, 4.69) is 5.32 Å². The molecule has 0 amide bonds. The highest BCUT2D eigenvalue weighted by molar-refractivity contribution is 7.89. The van der Waals surface area contributed by atoms with Crippen LogP contribution in [0.2, 0.25) is 0 Å². The molecule has 0 atom stereocenters. The van der Waals surface area contributed by atoms with Crippen LogP contribution in [0.5, 0.6) is 0 Å². The largest absolute Gasteiger partial charge is 0.314 e. The van der Waals surface area contributed by atoms with Crippen LogP contribution >= 0.6 is 0 Å². The molecule has 2 rings (SSSR count). The van der Waals surface area contributed by atoms with E-state index in [1.165, 1.54) is 0 Å². The van der Waals surface area contributed by atoms with Crippen molar-refractivity contribution in [3.8, 4) is 0 Å². The molecule has 1 aliphatic heterocycles. The number of nitrogens with zero attached hydrogens (tertiary/aromatic N) is 1. The lowest BCUT2D eigenvalue weighted by Gasteiger charge is -2.41. The molecule has 0 spiro atoms. The van der Waals surface area contributed by atoms with Crippen molar-refractivity contribution < 1.29 is 8.42 Å². The SMILES string of the molecule is CC1(C)CNCCN1S(=O)(=O)CC1CC1. The summed E-state index contributed by atoms with van der Waals surface area (Å²) in [7, 11) is -3.03. The predicted molar refractivity (Wildman–Crippen MR) is 60.2 cm³/mol. The monoisotopic (exact) mass is 232 g/mol. The van der Waals surface area contributed by atoms with E-state index in [0.717, 1.165) is 25.9 Å². The molecule has 1 saturated carbocycles. The molecule has 88 valence electrons. The van der Waals surface area contributed by atoms with E-state index in [9.17, 15) is 8.42 Å². The number of rotatable bonds is 3. The molecule has 0 aromatic heterocycles. The van der Waals surface area contributed by atoms with E-state index in [1.54, 1.807) is 4.31 Å². The average Bonchev–Trinajstić information content (AvgIpc) is 2.86. The molecule has 2 fully saturated rings. The van der Waals surface area contributed by atoms with E-state index in [4.69, 9.17) is 0 Å². The minimum Gasteiger partial charge on any atom is -0.314 e.